The van der Waals surface area contributed by atoms with Gasteiger partial charge in [-0.2, -0.15) is 0 Å². The quantitative estimate of drug-likeness (QED) is 0.699. The number of Topliss-reactive ketones (excluding diaryl/α,β-unsaturated/α-hetero) is 1. The minimum atomic E-state index is 0.248. The van der Waals surface area contributed by atoms with Gasteiger partial charge in [-0.1, -0.05) is 12.1 Å². The maximum atomic E-state index is 11.6. The predicted octanol–water partition coefficient (Wildman–Crippen LogP) is 2.86. The first-order valence-corrected chi connectivity index (χ1v) is 5.83. The van der Waals surface area contributed by atoms with E-state index in [0.29, 0.717) is 6.42 Å². The third-order valence-electron chi connectivity index (χ3n) is 2.44. The highest BCUT2D eigenvalue weighted by atomic mass is 32.2. The maximum Gasteiger partial charge on any atom is 0.163 e. The van der Waals surface area contributed by atoms with Gasteiger partial charge < -0.3 is 4.18 Å². The summed E-state index contributed by atoms with van der Waals surface area (Å²) in [7, 11) is 0. The smallest absolute Gasteiger partial charge is 0.163 e. The second kappa shape index (κ2) is 4.05. The van der Waals surface area contributed by atoms with Crippen molar-refractivity contribution in [1.29, 1.82) is 0 Å². The van der Waals surface area contributed by atoms with Crippen LogP contribution < -0.4 is 4.18 Å². The van der Waals surface area contributed by atoms with Crippen molar-refractivity contribution in [3.63, 3.8) is 0 Å². The van der Waals surface area contributed by atoms with Crippen molar-refractivity contribution in [2.45, 2.75) is 19.3 Å². The van der Waals surface area contributed by atoms with E-state index in [1.807, 2.05) is 24.5 Å². The van der Waals surface area contributed by atoms with Gasteiger partial charge in [0.05, 0.1) is 12.0 Å². The number of hydrogen-bond donors (Lipinski definition) is 0. The fourth-order valence-electron chi connectivity index (χ4n) is 1.81. The lowest BCUT2D eigenvalue weighted by molar-refractivity contribution is 0.0972. The van der Waals surface area contributed by atoms with E-state index < -0.39 is 0 Å². The second-order valence-electron chi connectivity index (χ2n) is 3.31. The van der Waals surface area contributed by atoms with Crippen LogP contribution >= 0.6 is 12.0 Å². The first-order valence-electron chi connectivity index (χ1n) is 4.68. The fraction of sp³-hybridized carbons (Fsp3) is 0.364. The van der Waals surface area contributed by atoms with Crippen LogP contribution in [-0.2, 0) is 6.42 Å². The summed E-state index contributed by atoms with van der Waals surface area (Å²) in [6, 6.07) is 5.70. The number of hydrogen-bond acceptors (Lipinski definition) is 3. The van der Waals surface area contributed by atoms with Crippen LogP contribution in [0.5, 0.6) is 5.75 Å². The number of fused-ring (bicyclic) bond motifs is 1. The van der Waals surface area contributed by atoms with Crippen LogP contribution in [0.1, 0.15) is 28.8 Å². The van der Waals surface area contributed by atoms with Gasteiger partial charge in [0.25, 0.3) is 0 Å². The van der Waals surface area contributed by atoms with Crippen molar-refractivity contribution in [3.05, 3.63) is 29.3 Å². The zero-order valence-corrected chi connectivity index (χ0v) is 8.89. The van der Waals surface area contributed by atoms with Gasteiger partial charge in [-0.05, 0) is 18.9 Å². The van der Waals surface area contributed by atoms with Crippen molar-refractivity contribution in [2.75, 3.05) is 6.26 Å². The van der Waals surface area contributed by atoms with Crippen LogP contribution in [0.3, 0.4) is 0 Å². The molecule has 0 N–H and O–H groups in total. The third-order valence-corrected chi connectivity index (χ3v) is 2.78. The summed E-state index contributed by atoms with van der Waals surface area (Å²) in [5.74, 6) is 1.10. The zero-order valence-electron chi connectivity index (χ0n) is 8.08. The molecule has 0 amide bonds. The lowest BCUT2D eigenvalue weighted by atomic mass is 9.90. The Balaban J connectivity index is 2.44. The minimum Gasteiger partial charge on any atom is -0.426 e. The van der Waals surface area contributed by atoms with Crippen molar-refractivity contribution in [2.24, 2.45) is 0 Å². The van der Waals surface area contributed by atoms with Crippen LogP contribution in [0.2, 0.25) is 0 Å². The molecule has 1 aliphatic carbocycles. The maximum absolute atomic E-state index is 11.6. The van der Waals surface area contributed by atoms with Gasteiger partial charge in [-0.15, -0.1) is 0 Å². The van der Waals surface area contributed by atoms with Crippen molar-refractivity contribution in [3.8, 4) is 5.75 Å². The van der Waals surface area contributed by atoms with E-state index in [1.165, 1.54) is 12.0 Å². The van der Waals surface area contributed by atoms with Crippen molar-refractivity contribution in [1.82, 2.24) is 0 Å². The zero-order chi connectivity index (χ0) is 9.97. The average Bonchev–Trinajstić information content (AvgIpc) is 2.20. The Morgan fingerprint density at radius 2 is 2.21 bits per heavy atom. The number of benzene rings is 1. The molecule has 1 aromatic carbocycles. The molecule has 74 valence electrons. The largest absolute Gasteiger partial charge is 0.426 e. The van der Waals surface area contributed by atoms with Gasteiger partial charge in [-0.25, -0.2) is 0 Å². The van der Waals surface area contributed by atoms with Gasteiger partial charge in [-0.3, -0.25) is 4.79 Å². The molecule has 0 spiro atoms. The number of rotatable bonds is 2. The van der Waals surface area contributed by atoms with Crippen molar-refractivity contribution < 1.29 is 8.98 Å². The van der Waals surface area contributed by atoms with Crippen LogP contribution in [0.4, 0.5) is 0 Å². The molecule has 3 heteroatoms. The standard InChI is InChI=1S/C11H12O2S/c1-14-13-11-7-3-4-8-9(11)5-2-6-10(8)12/h3-4,7H,2,5-6H2,1H3. The van der Waals surface area contributed by atoms with Crippen LogP contribution in [-0.4, -0.2) is 12.0 Å². The van der Waals surface area contributed by atoms with E-state index >= 15 is 0 Å². The molecule has 0 fully saturated rings. The molecule has 0 unspecified atom stereocenters. The van der Waals surface area contributed by atoms with Gasteiger partial charge in [0.2, 0.25) is 0 Å². The lowest BCUT2D eigenvalue weighted by Gasteiger charge is -2.17. The van der Waals surface area contributed by atoms with Crippen LogP contribution in [0, 0.1) is 0 Å². The van der Waals surface area contributed by atoms with Crippen LogP contribution in [0.15, 0.2) is 18.2 Å². The van der Waals surface area contributed by atoms with E-state index in [0.717, 1.165) is 29.7 Å². The summed E-state index contributed by atoms with van der Waals surface area (Å²) in [4.78, 5) is 11.6. The Bertz CT molecular complexity index is 360. The summed E-state index contributed by atoms with van der Waals surface area (Å²) in [6.07, 6.45) is 4.46. The molecule has 0 aliphatic heterocycles. The van der Waals surface area contributed by atoms with E-state index in [-0.39, 0.29) is 5.78 Å². The monoisotopic (exact) mass is 208 g/mol. The molecular formula is C11H12O2S. The predicted molar refractivity (Wildman–Crippen MR) is 57.9 cm³/mol. The molecule has 0 bridgehead atoms. The molecule has 1 aliphatic rings. The lowest BCUT2D eigenvalue weighted by Crippen LogP contribution is -2.11. The molecule has 0 heterocycles. The minimum absolute atomic E-state index is 0.248. The van der Waals surface area contributed by atoms with Crippen molar-refractivity contribution >= 4 is 17.8 Å². The van der Waals surface area contributed by atoms with E-state index in [2.05, 4.69) is 0 Å². The third kappa shape index (κ3) is 1.64. The highest BCUT2D eigenvalue weighted by Crippen LogP contribution is 2.30. The summed E-state index contributed by atoms with van der Waals surface area (Å²) < 4.78 is 5.42. The highest BCUT2D eigenvalue weighted by molar-refractivity contribution is 7.94. The second-order valence-corrected chi connectivity index (χ2v) is 3.81. The molecule has 14 heavy (non-hydrogen) atoms. The summed E-state index contributed by atoms with van der Waals surface area (Å²) in [6.45, 7) is 0. The van der Waals surface area contributed by atoms with Gasteiger partial charge >= 0.3 is 0 Å². The molecule has 0 aromatic heterocycles. The summed E-state index contributed by atoms with van der Waals surface area (Å²) in [5.41, 5.74) is 1.93. The van der Waals surface area contributed by atoms with Gasteiger partial charge in [0, 0.05) is 23.8 Å². The van der Waals surface area contributed by atoms with E-state index in [9.17, 15) is 4.79 Å². The first-order chi connectivity index (χ1) is 6.83. The Morgan fingerprint density at radius 3 is 3.00 bits per heavy atom. The Kier molecular flexibility index (Phi) is 2.77. The van der Waals surface area contributed by atoms with E-state index in [1.54, 1.807) is 0 Å². The molecule has 1 aromatic rings. The Labute approximate surface area is 87.9 Å². The average molecular weight is 208 g/mol. The highest BCUT2D eigenvalue weighted by Gasteiger charge is 2.19. The topological polar surface area (TPSA) is 26.3 Å². The molecular weight excluding hydrogens is 196 g/mol. The number of carbonyl (C=O) groups is 1. The molecule has 2 nitrogen and oxygen atoms in total. The Morgan fingerprint density at radius 1 is 1.36 bits per heavy atom. The number of ketones is 1. The fourth-order valence-corrected chi connectivity index (χ4v) is 2.15. The summed E-state index contributed by atoms with van der Waals surface area (Å²) >= 11 is 1.32. The van der Waals surface area contributed by atoms with E-state index in [4.69, 9.17) is 4.18 Å². The van der Waals surface area contributed by atoms with Gasteiger partial charge in [0.1, 0.15) is 5.75 Å². The van der Waals surface area contributed by atoms with Gasteiger partial charge in [0.15, 0.2) is 5.78 Å². The Hall–Kier alpha value is -0.960. The molecule has 0 atom stereocenters. The first kappa shape index (κ1) is 9.59. The molecule has 0 saturated heterocycles. The molecule has 0 saturated carbocycles. The molecule has 0 radical (unpaired) electrons. The number of carbonyl (C=O) groups excluding carboxylic acids is 1. The SMILES string of the molecule is CSOc1cccc2c1CCCC2=O. The normalized spacial score (nSPS) is 15.1. The molecule has 2 rings (SSSR count). The van der Waals surface area contributed by atoms with Crippen LogP contribution in [0.25, 0.3) is 0 Å². The summed E-state index contributed by atoms with van der Waals surface area (Å²) in [5, 5.41) is 0.